The molecule has 0 saturated heterocycles. The van der Waals surface area contributed by atoms with Crippen LogP contribution in [0.1, 0.15) is 58.3 Å². The number of terminal acetylenes is 1. The molecule has 1 rings (SSSR count). The maximum absolute atomic E-state index is 12.0. The van der Waals surface area contributed by atoms with Crippen LogP contribution in [0.15, 0.2) is 0 Å². The third-order valence-corrected chi connectivity index (χ3v) is 3.54. The van der Waals surface area contributed by atoms with E-state index in [0.717, 1.165) is 38.6 Å². The highest BCUT2D eigenvalue weighted by molar-refractivity contribution is 5.82. The first-order chi connectivity index (χ1) is 7.69. The number of carbonyl (C=O) groups excluding carboxylic acids is 1. The summed E-state index contributed by atoms with van der Waals surface area (Å²) in [6.45, 7) is 2.87. The standard InChI is InChI=1S/C14H23NO/c1-3-4-5-9-12-15-13(16)14(2)10-7-6-8-11-14/h1H,4-12H2,2H3,(H,15,16). The smallest absolute Gasteiger partial charge is 0.225 e. The Morgan fingerprint density at radius 2 is 2.00 bits per heavy atom. The highest BCUT2D eigenvalue weighted by Gasteiger charge is 2.33. The van der Waals surface area contributed by atoms with E-state index in [1.807, 2.05) is 0 Å². The van der Waals surface area contributed by atoms with Crippen molar-refractivity contribution < 1.29 is 4.79 Å². The minimum absolute atomic E-state index is 0.107. The third kappa shape index (κ3) is 3.89. The lowest BCUT2D eigenvalue weighted by Gasteiger charge is -2.32. The first-order valence-corrected chi connectivity index (χ1v) is 6.41. The molecule has 0 heterocycles. The van der Waals surface area contributed by atoms with Gasteiger partial charge >= 0.3 is 0 Å². The van der Waals surface area contributed by atoms with E-state index in [1.165, 1.54) is 19.3 Å². The van der Waals surface area contributed by atoms with Crippen molar-refractivity contribution in [3.05, 3.63) is 0 Å². The van der Waals surface area contributed by atoms with E-state index >= 15 is 0 Å². The molecule has 2 nitrogen and oxygen atoms in total. The van der Waals surface area contributed by atoms with Crippen molar-refractivity contribution in [1.29, 1.82) is 0 Å². The molecule has 90 valence electrons. The van der Waals surface area contributed by atoms with Gasteiger partial charge in [-0.2, -0.15) is 0 Å². The molecule has 1 aliphatic carbocycles. The molecule has 1 aliphatic rings. The molecule has 0 spiro atoms. The molecular formula is C14H23NO. The second-order valence-corrected chi connectivity index (χ2v) is 5.04. The second-order valence-electron chi connectivity index (χ2n) is 5.04. The summed E-state index contributed by atoms with van der Waals surface area (Å²) in [6.07, 6.45) is 13.7. The molecule has 2 heteroatoms. The van der Waals surface area contributed by atoms with Gasteiger partial charge in [-0.25, -0.2) is 0 Å². The molecule has 0 aromatic carbocycles. The summed E-state index contributed by atoms with van der Waals surface area (Å²) in [5.41, 5.74) is -0.107. The van der Waals surface area contributed by atoms with Crippen LogP contribution < -0.4 is 5.32 Å². The zero-order valence-corrected chi connectivity index (χ0v) is 10.3. The Morgan fingerprint density at radius 1 is 1.31 bits per heavy atom. The van der Waals surface area contributed by atoms with Crippen LogP contribution in [-0.2, 0) is 4.79 Å². The molecule has 1 saturated carbocycles. The van der Waals surface area contributed by atoms with Gasteiger partial charge in [0.2, 0.25) is 5.91 Å². The van der Waals surface area contributed by atoms with Gasteiger partial charge in [-0.3, -0.25) is 4.79 Å². The van der Waals surface area contributed by atoms with Gasteiger partial charge in [0.25, 0.3) is 0 Å². The number of hydrogen-bond acceptors (Lipinski definition) is 1. The van der Waals surface area contributed by atoms with Gasteiger partial charge in [0.15, 0.2) is 0 Å². The minimum atomic E-state index is -0.107. The molecule has 0 aromatic heterocycles. The summed E-state index contributed by atoms with van der Waals surface area (Å²) >= 11 is 0. The Balaban J connectivity index is 2.21. The topological polar surface area (TPSA) is 29.1 Å². The molecule has 0 unspecified atom stereocenters. The molecule has 0 aliphatic heterocycles. The fourth-order valence-electron chi connectivity index (χ4n) is 2.33. The first-order valence-electron chi connectivity index (χ1n) is 6.41. The Kier molecular flexibility index (Phi) is 5.38. The van der Waals surface area contributed by atoms with Crippen LogP contribution in [0.2, 0.25) is 0 Å². The number of nitrogens with one attached hydrogen (secondary N) is 1. The maximum Gasteiger partial charge on any atom is 0.225 e. The van der Waals surface area contributed by atoms with E-state index in [2.05, 4.69) is 18.2 Å². The zero-order chi connectivity index (χ0) is 11.9. The van der Waals surface area contributed by atoms with E-state index < -0.39 is 0 Å². The fourth-order valence-corrected chi connectivity index (χ4v) is 2.33. The van der Waals surface area contributed by atoms with Crippen LogP contribution in [-0.4, -0.2) is 12.5 Å². The molecule has 0 aromatic rings. The van der Waals surface area contributed by atoms with Crippen molar-refractivity contribution >= 4 is 5.91 Å². The predicted octanol–water partition coefficient (Wildman–Crippen LogP) is 2.88. The molecular weight excluding hydrogens is 198 g/mol. The van der Waals surface area contributed by atoms with Gasteiger partial charge in [0.05, 0.1) is 0 Å². The minimum Gasteiger partial charge on any atom is -0.356 e. The summed E-state index contributed by atoms with van der Waals surface area (Å²) in [5, 5.41) is 3.04. The lowest BCUT2D eigenvalue weighted by Crippen LogP contribution is -2.40. The summed E-state index contributed by atoms with van der Waals surface area (Å²) < 4.78 is 0. The van der Waals surface area contributed by atoms with E-state index in [-0.39, 0.29) is 11.3 Å². The summed E-state index contributed by atoms with van der Waals surface area (Å²) in [7, 11) is 0. The number of hydrogen-bond donors (Lipinski definition) is 1. The Bertz CT molecular complexity index is 258. The van der Waals surface area contributed by atoms with Crippen molar-refractivity contribution in [2.75, 3.05) is 6.54 Å². The summed E-state index contributed by atoms with van der Waals surface area (Å²) in [6, 6.07) is 0. The molecule has 0 atom stereocenters. The van der Waals surface area contributed by atoms with Crippen molar-refractivity contribution in [3.8, 4) is 12.3 Å². The van der Waals surface area contributed by atoms with Crippen LogP contribution in [0.5, 0.6) is 0 Å². The molecule has 16 heavy (non-hydrogen) atoms. The Morgan fingerprint density at radius 3 is 2.62 bits per heavy atom. The van der Waals surface area contributed by atoms with Gasteiger partial charge in [0.1, 0.15) is 0 Å². The first kappa shape index (κ1) is 13.1. The van der Waals surface area contributed by atoms with E-state index in [9.17, 15) is 4.79 Å². The number of amides is 1. The molecule has 1 amide bonds. The maximum atomic E-state index is 12.0. The largest absolute Gasteiger partial charge is 0.356 e. The average molecular weight is 221 g/mol. The van der Waals surface area contributed by atoms with Crippen LogP contribution >= 0.6 is 0 Å². The normalized spacial score (nSPS) is 18.8. The SMILES string of the molecule is C#CCCCCNC(=O)C1(C)CCCCC1. The van der Waals surface area contributed by atoms with Crippen molar-refractivity contribution in [2.24, 2.45) is 5.41 Å². The van der Waals surface area contributed by atoms with Crippen molar-refractivity contribution in [1.82, 2.24) is 5.32 Å². The Labute approximate surface area is 99.2 Å². The average Bonchev–Trinajstić information content (AvgIpc) is 2.29. The molecule has 0 bridgehead atoms. The third-order valence-electron chi connectivity index (χ3n) is 3.54. The number of rotatable bonds is 5. The lowest BCUT2D eigenvalue weighted by atomic mass is 9.75. The van der Waals surface area contributed by atoms with Crippen LogP contribution in [0.4, 0.5) is 0 Å². The fraction of sp³-hybridized carbons (Fsp3) is 0.786. The van der Waals surface area contributed by atoms with Crippen molar-refractivity contribution in [3.63, 3.8) is 0 Å². The monoisotopic (exact) mass is 221 g/mol. The molecule has 0 radical (unpaired) electrons. The van der Waals surface area contributed by atoms with Gasteiger partial charge < -0.3 is 5.32 Å². The van der Waals surface area contributed by atoms with Crippen molar-refractivity contribution in [2.45, 2.75) is 58.3 Å². The molecule has 1 N–H and O–H groups in total. The number of unbranched alkanes of at least 4 members (excludes halogenated alkanes) is 2. The van der Waals surface area contributed by atoms with Crippen LogP contribution in [0.3, 0.4) is 0 Å². The quantitative estimate of drug-likeness (QED) is 0.561. The van der Waals surface area contributed by atoms with E-state index in [0.29, 0.717) is 0 Å². The van der Waals surface area contributed by atoms with E-state index in [4.69, 9.17) is 6.42 Å². The highest BCUT2D eigenvalue weighted by Crippen LogP contribution is 2.35. The van der Waals surface area contributed by atoms with E-state index in [1.54, 1.807) is 0 Å². The van der Waals surface area contributed by atoms with Gasteiger partial charge in [-0.15, -0.1) is 12.3 Å². The van der Waals surface area contributed by atoms with Gasteiger partial charge in [0, 0.05) is 18.4 Å². The Hall–Kier alpha value is -0.970. The van der Waals surface area contributed by atoms with Crippen LogP contribution in [0.25, 0.3) is 0 Å². The highest BCUT2D eigenvalue weighted by atomic mass is 16.2. The number of carbonyl (C=O) groups is 1. The zero-order valence-electron chi connectivity index (χ0n) is 10.3. The van der Waals surface area contributed by atoms with Gasteiger partial charge in [-0.1, -0.05) is 26.2 Å². The molecule has 1 fully saturated rings. The van der Waals surface area contributed by atoms with Gasteiger partial charge in [-0.05, 0) is 25.7 Å². The summed E-state index contributed by atoms with van der Waals surface area (Å²) in [5.74, 6) is 2.86. The summed E-state index contributed by atoms with van der Waals surface area (Å²) in [4.78, 5) is 12.0. The predicted molar refractivity (Wildman–Crippen MR) is 66.9 cm³/mol. The van der Waals surface area contributed by atoms with Crippen LogP contribution in [0, 0.1) is 17.8 Å². The lowest BCUT2D eigenvalue weighted by molar-refractivity contribution is -0.131. The second kappa shape index (κ2) is 6.58.